The lowest BCUT2D eigenvalue weighted by Crippen LogP contribution is -2.01. The highest BCUT2D eigenvalue weighted by molar-refractivity contribution is 6.11. The van der Waals surface area contributed by atoms with Crippen molar-refractivity contribution in [3.8, 4) is 5.75 Å². The highest BCUT2D eigenvalue weighted by Gasteiger charge is 2.11. The molecule has 0 fully saturated rings. The minimum Gasteiger partial charge on any atom is -0.507 e. The van der Waals surface area contributed by atoms with E-state index in [-0.39, 0.29) is 11.5 Å². The van der Waals surface area contributed by atoms with Crippen molar-refractivity contribution in [2.24, 2.45) is 0 Å². The molecule has 1 aromatic carbocycles. The Kier molecular flexibility index (Phi) is 3.24. The molecule has 1 rings (SSSR count). The van der Waals surface area contributed by atoms with Gasteiger partial charge in [0.1, 0.15) is 5.75 Å². The predicted molar refractivity (Wildman–Crippen MR) is 56.4 cm³/mol. The van der Waals surface area contributed by atoms with Crippen LogP contribution in [0.25, 0.3) is 0 Å². The standard InChI is InChI=1S/C12H12O2/c1-3-9(4-2)12(14)10-7-5-6-8-11(10)13/h3-8,13H,1H2,2H3/b9-4+. The molecule has 72 valence electrons. The highest BCUT2D eigenvalue weighted by atomic mass is 16.3. The number of hydrogen-bond donors (Lipinski definition) is 1. The van der Waals surface area contributed by atoms with Gasteiger partial charge in [-0.25, -0.2) is 0 Å². The molecular formula is C12H12O2. The molecule has 0 radical (unpaired) electrons. The van der Waals surface area contributed by atoms with Gasteiger partial charge in [-0.1, -0.05) is 30.9 Å². The second kappa shape index (κ2) is 4.42. The maximum Gasteiger partial charge on any atom is 0.196 e. The molecular weight excluding hydrogens is 176 g/mol. The van der Waals surface area contributed by atoms with Crippen LogP contribution in [0.3, 0.4) is 0 Å². The fourth-order valence-corrected chi connectivity index (χ4v) is 1.16. The molecule has 14 heavy (non-hydrogen) atoms. The van der Waals surface area contributed by atoms with Gasteiger partial charge in [0.05, 0.1) is 5.56 Å². The van der Waals surface area contributed by atoms with Crippen LogP contribution in [0, 0.1) is 0 Å². The van der Waals surface area contributed by atoms with Gasteiger partial charge in [-0.2, -0.15) is 0 Å². The summed E-state index contributed by atoms with van der Waals surface area (Å²) in [6.45, 7) is 5.30. The van der Waals surface area contributed by atoms with E-state index in [1.54, 1.807) is 31.2 Å². The third-order valence-corrected chi connectivity index (χ3v) is 1.94. The summed E-state index contributed by atoms with van der Waals surface area (Å²) >= 11 is 0. The lowest BCUT2D eigenvalue weighted by molar-refractivity contribution is 0.103. The quantitative estimate of drug-likeness (QED) is 0.450. The number of benzene rings is 1. The van der Waals surface area contributed by atoms with Gasteiger partial charge in [0.2, 0.25) is 0 Å². The van der Waals surface area contributed by atoms with Gasteiger partial charge in [-0.05, 0) is 19.1 Å². The number of Topliss-reactive ketones (excluding diaryl/α,β-unsaturated/α-hetero) is 1. The van der Waals surface area contributed by atoms with Crippen molar-refractivity contribution < 1.29 is 9.90 Å². The zero-order valence-electron chi connectivity index (χ0n) is 8.03. The molecule has 0 aliphatic rings. The average molecular weight is 188 g/mol. The average Bonchev–Trinajstić information content (AvgIpc) is 2.20. The number of hydrogen-bond acceptors (Lipinski definition) is 2. The molecule has 0 unspecified atom stereocenters. The number of carbonyl (C=O) groups is 1. The van der Waals surface area contributed by atoms with Crippen LogP contribution in [0.5, 0.6) is 5.75 Å². The van der Waals surface area contributed by atoms with Gasteiger partial charge < -0.3 is 5.11 Å². The number of aromatic hydroxyl groups is 1. The molecule has 1 N–H and O–H groups in total. The number of allylic oxidation sites excluding steroid dienone is 3. The molecule has 2 nitrogen and oxygen atoms in total. The molecule has 0 aromatic heterocycles. The Morgan fingerprint density at radius 3 is 2.57 bits per heavy atom. The van der Waals surface area contributed by atoms with Crippen LogP contribution in [0.1, 0.15) is 17.3 Å². The van der Waals surface area contributed by atoms with E-state index in [1.165, 1.54) is 12.1 Å². The largest absolute Gasteiger partial charge is 0.507 e. The van der Waals surface area contributed by atoms with Gasteiger partial charge in [0, 0.05) is 5.57 Å². The number of para-hydroxylation sites is 1. The van der Waals surface area contributed by atoms with E-state index >= 15 is 0 Å². The number of ketones is 1. The van der Waals surface area contributed by atoms with E-state index in [2.05, 4.69) is 6.58 Å². The second-order valence-corrected chi connectivity index (χ2v) is 2.79. The maximum absolute atomic E-state index is 11.7. The minimum atomic E-state index is -0.208. The van der Waals surface area contributed by atoms with Crippen LogP contribution >= 0.6 is 0 Å². The first-order valence-electron chi connectivity index (χ1n) is 4.32. The van der Waals surface area contributed by atoms with Crippen LogP contribution in [0.4, 0.5) is 0 Å². The zero-order valence-corrected chi connectivity index (χ0v) is 8.03. The van der Waals surface area contributed by atoms with Crippen molar-refractivity contribution in [1.29, 1.82) is 0 Å². The molecule has 0 saturated carbocycles. The Morgan fingerprint density at radius 1 is 1.43 bits per heavy atom. The summed E-state index contributed by atoms with van der Waals surface area (Å²) in [4.78, 5) is 11.7. The third kappa shape index (κ3) is 1.91. The van der Waals surface area contributed by atoms with Crippen molar-refractivity contribution in [3.05, 3.63) is 54.1 Å². The summed E-state index contributed by atoms with van der Waals surface area (Å²) < 4.78 is 0. The molecule has 0 heterocycles. The summed E-state index contributed by atoms with van der Waals surface area (Å²) in [5.41, 5.74) is 0.798. The van der Waals surface area contributed by atoms with E-state index in [9.17, 15) is 9.90 Å². The fraction of sp³-hybridized carbons (Fsp3) is 0.0833. The Labute approximate surface area is 83.2 Å². The number of rotatable bonds is 3. The Bertz CT molecular complexity index is 389. The van der Waals surface area contributed by atoms with Crippen molar-refractivity contribution in [2.75, 3.05) is 0 Å². The van der Waals surface area contributed by atoms with Gasteiger partial charge in [0.25, 0.3) is 0 Å². The molecule has 1 aromatic rings. The summed E-state index contributed by atoms with van der Waals surface area (Å²) in [5.74, 6) is -0.209. The molecule has 0 spiro atoms. The third-order valence-electron chi connectivity index (χ3n) is 1.94. The van der Waals surface area contributed by atoms with E-state index < -0.39 is 0 Å². The molecule has 0 saturated heterocycles. The Balaban J connectivity index is 3.13. The highest BCUT2D eigenvalue weighted by Crippen LogP contribution is 2.19. The molecule has 0 aliphatic carbocycles. The number of phenolic OH excluding ortho intramolecular Hbond substituents is 1. The van der Waals surface area contributed by atoms with E-state index in [1.807, 2.05) is 0 Å². The first kappa shape index (κ1) is 10.3. The zero-order chi connectivity index (χ0) is 10.6. The smallest absolute Gasteiger partial charge is 0.196 e. The number of phenols is 1. The van der Waals surface area contributed by atoms with Crippen LogP contribution in [-0.2, 0) is 0 Å². The Hall–Kier alpha value is -1.83. The van der Waals surface area contributed by atoms with Crippen molar-refractivity contribution >= 4 is 5.78 Å². The van der Waals surface area contributed by atoms with Gasteiger partial charge in [-0.3, -0.25) is 4.79 Å². The maximum atomic E-state index is 11.7. The van der Waals surface area contributed by atoms with Crippen molar-refractivity contribution in [3.63, 3.8) is 0 Å². The van der Waals surface area contributed by atoms with Crippen molar-refractivity contribution in [1.82, 2.24) is 0 Å². The molecule has 0 atom stereocenters. The lowest BCUT2D eigenvalue weighted by atomic mass is 10.0. The number of carbonyl (C=O) groups excluding carboxylic acids is 1. The predicted octanol–water partition coefficient (Wildman–Crippen LogP) is 2.71. The fourth-order valence-electron chi connectivity index (χ4n) is 1.16. The topological polar surface area (TPSA) is 37.3 Å². The lowest BCUT2D eigenvalue weighted by Gasteiger charge is -2.02. The molecule has 0 amide bonds. The van der Waals surface area contributed by atoms with E-state index in [0.29, 0.717) is 11.1 Å². The Morgan fingerprint density at radius 2 is 2.07 bits per heavy atom. The summed E-state index contributed by atoms with van der Waals surface area (Å²) in [6, 6.07) is 6.47. The first-order chi connectivity index (χ1) is 6.70. The van der Waals surface area contributed by atoms with Gasteiger partial charge in [0.15, 0.2) is 5.78 Å². The van der Waals surface area contributed by atoms with Gasteiger partial charge >= 0.3 is 0 Å². The monoisotopic (exact) mass is 188 g/mol. The van der Waals surface area contributed by atoms with Gasteiger partial charge in [-0.15, -0.1) is 0 Å². The first-order valence-corrected chi connectivity index (χ1v) is 4.32. The van der Waals surface area contributed by atoms with Crippen LogP contribution in [-0.4, -0.2) is 10.9 Å². The van der Waals surface area contributed by atoms with Crippen LogP contribution in [0.2, 0.25) is 0 Å². The van der Waals surface area contributed by atoms with Crippen LogP contribution < -0.4 is 0 Å². The molecule has 0 aliphatic heterocycles. The molecule has 0 bridgehead atoms. The van der Waals surface area contributed by atoms with Crippen LogP contribution in [0.15, 0.2) is 48.6 Å². The van der Waals surface area contributed by atoms with E-state index in [0.717, 1.165) is 0 Å². The summed E-state index contributed by atoms with van der Waals surface area (Å²) in [7, 11) is 0. The minimum absolute atomic E-state index is 0.00120. The second-order valence-electron chi connectivity index (χ2n) is 2.79. The van der Waals surface area contributed by atoms with Crippen molar-refractivity contribution in [2.45, 2.75) is 6.92 Å². The summed E-state index contributed by atoms with van der Waals surface area (Å²) in [5, 5.41) is 9.44. The van der Waals surface area contributed by atoms with E-state index in [4.69, 9.17) is 0 Å². The molecule has 2 heteroatoms. The SMILES string of the molecule is C=C/C(=C\C)C(=O)c1ccccc1O. The normalized spacial score (nSPS) is 11.1. The summed E-state index contributed by atoms with van der Waals surface area (Å²) in [6.07, 6.45) is 3.15.